The smallest absolute Gasteiger partial charge is 0.0598 e. The quantitative estimate of drug-likeness (QED) is 0.621. The van der Waals surface area contributed by atoms with Gasteiger partial charge in [-0.15, -0.1) is 0 Å². The van der Waals surface area contributed by atoms with Crippen LogP contribution in [0.2, 0.25) is 0 Å². The van der Waals surface area contributed by atoms with Gasteiger partial charge in [0.15, 0.2) is 0 Å². The maximum Gasteiger partial charge on any atom is 0.0598 e. The van der Waals surface area contributed by atoms with Gasteiger partial charge in [-0.3, -0.25) is 0 Å². The highest BCUT2D eigenvalue weighted by molar-refractivity contribution is 5.85. The third kappa shape index (κ3) is 3.25. The van der Waals surface area contributed by atoms with Crippen LogP contribution in [-0.2, 0) is 17.2 Å². The van der Waals surface area contributed by atoms with E-state index in [0.717, 1.165) is 0 Å². The van der Waals surface area contributed by atoms with E-state index < -0.39 is 0 Å². The molecule has 2 nitrogen and oxygen atoms in total. The zero-order chi connectivity index (χ0) is 17.7. The minimum absolute atomic E-state index is 0.163. The summed E-state index contributed by atoms with van der Waals surface area (Å²) in [4.78, 5) is 0. The van der Waals surface area contributed by atoms with Crippen LogP contribution in [0.25, 0.3) is 10.9 Å². The van der Waals surface area contributed by atoms with E-state index in [0.29, 0.717) is 6.61 Å². The summed E-state index contributed by atoms with van der Waals surface area (Å²) in [5, 5.41) is 1.30. The van der Waals surface area contributed by atoms with Crippen molar-refractivity contribution in [1.82, 2.24) is 4.57 Å². The van der Waals surface area contributed by atoms with E-state index >= 15 is 0 Å². The predicted octanol–water partition coefficient (Wildman–Crippen LogP) is 5.47. The second-order valence-corrected chi connectivity index (χ2v) is 6.30. The van der Waals surface area contributed by atoms with Crippen LogP contribution in [0.15, 0.2) is 54.7 Å². The largest absolute Gasteiger partial charge is 0.383 e. The number of nitrogens with zero attached hydrogens (tertiary/aromatic N) is 1. The number of ether oxygens (including phenoxy) is 1. The fourth-order valence-corrected chi connectivity index (χ4v) is 3.31. The maximum absolute atomic E-state index is 5.59. The van der Waals surface area contributed by atoms with Gasteiger partial charge in [-0.05, 0) is 31.0 Å². The molecule has 1 heterocycles. The monoisotopic (exact) mass is 323 g/mol. The van der Waals surface area contributed by atoms with Crippen LogP contribution in [0.4, 0.5) is 0 Å². The number of fused-ring (bicyclic) bond motifs is 1. The Hall–Kier alpha value is -2.06. The van der Waals surface area contributed by atoms with Crippen molar-refractivity contribution in [2.75, 3.05) is 13.7 Å². The van der Waals surface area contributed by atoms with E-state index in [1.807, 2.05) is 13.8 Å². The van der Waals surface area contributed by atoms with Gasteiger partial charge in [0.2, 0.25) is 0 Å². The summed E-state index contributed by atoms with van der Waals surface area (Å²) in [6, 6.07) is 17.4. The molecule has 128 valence electrons. The van der Waals surface area contributed by atoms with Crippen LogP contribution in [0.1, 0.15) is 37.5 Å². The molecule has 0 aliphatic carbocycles. The number of hydrogen-bond donors (Lipinski definition) is 0. The van der Waals surface area contributed by atoms with Crippen LogP contribution < -0.4 is 0 Å². The lowest BCUT2D eigenvalue weighted by molar-refractivity contribution is 0.156. The van der Waals surface area contributed by atoms with Gasteiger partial charge < -0.3 is 9.30 Å². The summed E-state index contributed by atoms with van der Waals surface area (Å²) in [7, 11) is 3.88. The van der Waals surface area contributed by atoms with Crippen molar-refractivity contribution >= 4 is 10.9 Å². The molecule has 0 fully saturated rings. The van der Waals surface area contributed by atoms with Crippen molar-refractivity contribution in [1.29, 1.82) is 0 Å². The van der Waals surface area contributed by atoms with Gasteiger partial charge >= 0.3 is 0 Å². The third-order valence-corrected chi connectivity index (χ3v) is 4.61. The molecule has 0 saturated heterocycles. The molecule has 1 aromatic heterocycles. The standard InChI is InChI=1S/C20H23NO.C2H6/c1-15-9-11-16(12-10-15)20(2,14-22-4)18-13-21(3)19-8-6-5-7-17(18)19;1-2/h5-13H,14H2,1-4H3;1-2H3. The van der Waals surface area contributed by atoms with E-state index in [4.69, 9.17) is 4.74 Å². The average molecular weight is 323 g/mol. The van der Waals surface area contributed by atoms with Gasteiger partial charge in [-0.2, -0.15) is 0 Å². The molecule has 0 aliphatic heterocycles. The molecule has 1 atom stereocenters. The lowest BCUT2D eigenvalue weighted by Crippen LogP contribution is -2.29. The summed E-state index contributed by atoms with van der Waals surface area (Å²) < 4.78 is 7.80. The van der Waals surface area contributed by atoms with Gasteiger partial charge in [0, 0.05) is 36.7 Å². The van der Waals surface area contributed by atoms with Gasteiger partial charge in [0.05, 0.1) is 6.61 Å². The Labute approximate surface area is 146 Å². The number of para-hydroxylation sites is 1. The second-order valence-electron chi connectivity index (χ2n) is 6.30. The van der Waals surface area contributed by atoms with E-state index in [1.165, 1.54) is 27.6 Å². The van der Waals surface area contributed by atoms with Crippen LogP contribution >= 0.6 is 0 Å². The van der Waals surface area contributed by atoms with Crippen molar-refractivity contribution in [3.05, 3.63) is 71.4 Å². The Morgan fingerprint density at radius 1 is 1.00 bits per heavy atom. The highest BCUT2D eigenvalue weighted by atomic mass is 16.5. The van der Waals surface area contributed by atoms with Crippen molar-refractivity contribution < 1.29 is 4.74 Å². The number of aromatic nitrogens is 1. The molecule has 0 bridgehead atoms. The Morgan fingerprint density at radius 2 is 1.62 bits per heavy atom. The second kappa shape index (κ2) is 7.67. The van der Waals surface area contributed by atoms with Gasteiger partial charge in [0.1, 0.15) is 0 Å². The summed E-state index contributed by atoms with van der Waals surface area (Å²) in [6.45, 7) is 9.04. The Kier molecular flexibility index (Phi) is 5.84. The first-order chi connectivity index (χ1) is 11.6. The molecule has 1 unspecified atom stereocenters. The topological polar surface area (TPSA) is 14.2 Å². The minimum atomic E-state index is -0.163. The number of hydrogen-bond acceptors (Lipinski definition) is 1. The summed E-state index contributed by atoms with van der Waals surface area (Å²) in [5.41, 5.74) is 4.98. The van der Waals surface area contributed by atoms with Gasteiger partial charge in [0.25, 0.3) is 0 Å². The summed E-state index contributed by atoms with van der Waals surface area (Å²) in [5.74, 6) is 0. The van der Waals surface area contributed by atoms with Crippen LogP contribution in [-0.4, -0.2) is 18.3 Å². The summed E-state index contributed by atoms with van der Waals surface area (Å²) in [6.07, 6.45) is 2.24. The zero-order valence-electron chi connectivity index (χ0n) is 15.8. The van der Waals surface area contributed by atoms with Crippen LogP contribution in [0.5, 0.6) is 0 Å². The van der Waals surface area contributed by atoms with Crippen molar-refractivity contribution in [3.63, 3.8) is 0 Å². The van der Waals surface area contributed by atoms with Gasteiger partial charge in [-0.25, -0.2) is 0 Å². The molecule has 0 amide bonds. The van der Waals surface area contributed by atoms with Crippen molar-refractivity contribution in [2.45, 2.75) is 33.1 Å². The lowest BCUT2D eigenvalue weighted by Gasteiger charge is -2.29. The number of aryl methyl sites for hydroxylation is 2. The fraction of sp³-hybridized carbons (Fsp3) is 0.364. The molecular weight excluding hydrogens is 294 g/mol. The zero-order valence-corrected chi connectivity index (χ0v) is 15.8. The number of benzene rings is 2. The number of rotatable bonds is 4. The highest BCUT2D eigenvalue weighted by Gasteiger charge is 2.32. The molecule has 2 aromatic carbocycles. The Morgan fingerprint density at radius 3 is 2.25 bits per heavy atom. The molecule has 0 aliphatic rings. The molecule has 24 heavy (non-hydrogen) atoms. The van der Waals surface area contributed by atoms with Crippen molar-refractivity contribution in [2.24, 2.45) is 7.05 Å². The molecule has 3 rings (SSSR count). The normalized spacial score (nSPS) is 13.2. The van der Waals surface area contributed by atoms with E-state index in [2.05, 4.69) is 80.2 Å². The predicted molar refractivity (Wildman–Crippen MR) is 104 cm³/mol. The Balaban J connectivity index is 0.00000100. The molecule has 0 spiro atoms. The fourth-order valence-electron chi connectivity index (χ4n) is 3.31. The lowest BCUT2D eigenvalue weighted by atomic mass is 9.76. The summed E-state index contributed by atoms with van der Waals surface area (Å²) >= 11 is 0. The molecule has 0 radical (unpaired) electrons. The molecule has 3 aromatic rings. The van der Waals surface area contributed by atoms with Gasteiger partial charge in [-0.1, -0.05) is 61.9 Å². The maximum atomic E-state index is 5.59. The van der Waals surface area contributed by atoms with Crippen molar-refractivity contribution in [3.8, 4) is 0 Å². The first kappa shape index (κ1) is 18.3. The molecular formula is C22H29NO. The number of methoxy groups -OCH3 is 1. The molecule has 0 saturated carbocycles. The van der Waals surface area contributed by atoms with E-state index in [-0.39, 0.29) is 5.41 Å². The van der Waals surface area contributed by atoms with Crippen LogP contribution in [0.3, 0.4) is 0 Å². The van der Waals surface area contributed by atoms with Crippen LogP contribution in [0, 0.1) is 6.92 Å². The molecule has 0 N–H and O–H groups in total. The first-order valence-corrected chi connectivity index (χ1v) is 8.67. The Bertz CT molecular complexity index is 785. The van der Waals surface area contributed by atoms with E-state index in [1.54, 1.807) is 7.11 Å². The van der Waals surface area contributed by atoms with E-state index in [9.17, 15) is 0 Å². The average Bonchev–Trinajstić information content (AvgIpc) is 2.95. The first-order valence-electron chi connectivity index (χ1n) is 8.67. The highest BCUT2D eigenvalue weighted by Crippen LogP contribution is 2.37. The molecule has 2 heteroatoms. The third-order valence-electron chi connectivity index (χ3n) is 4.61. The SMILES string of the molecule is CC.COCC(C)(c1ccc(C)cc1)c1cn(C)c2ccccc12. The minimum Gasteiger partial charge on any atom is -0.383 e.